The number of nitrogens with two attached hydrogens (primary N) is 1. The quantitative estimate of drug-likeness (QED) is 0.791. The molecule has 3 N–H and O–H groups in total. The number of para-hydroxylation sites is 1. The molecule has 3 nitrogen and oxygen atoms in total. The zero-order chi connectivity index (χ0) is 11.3. The largest absolute Gasteiger partial charge is 0.329 e. The van der Waals surface area contributed by atoms with Gasteiger partial charge in [-0.3, -0.25) is 4.79 Å². The fraction of sp³-hybridized carbons (Fsp3) is 0.417. The molecule has 1 rings (SSSR count). The van der Waals surface area contributed by atoms with Crippen LogP contribution < -0.4 is 11.1 Å². The molecule has 0 aromatic heterocycles. The monoisotopic (exact) mass is 206 g/mol. The molecule has 82 valence electrons. The summed E-state index contributed by atoms with van der Waals surface area (Å²) in [5.41, 5.74) is 5.95. The van der Waals surface area contributed by atoms with Gasteiger partial charge in [-0.15, -0.1) is 0 Å². The summed E-state index contributed by atoms with van der Waals surface area (Å²) >= 11 is 0. The standard InChI is InChI=1S/C12H18N2O/c1-3-12(2,9-13)11(15)14-10-7-5-4-6-8-10/h4-8H,3,9,13H2,1-2H3,(H,14,15). The van der Waals surface area contributed by atoms with Crippen LogP contribution in [-0.2, 0) is 4.79 Å². The van der Waals surface area contributed by atoms with E-state index < -0.39 is 5.41 Å². The zero-order valence-electron chi connectivity index (χ0n) is 9.29. The predicted octanol–water partition coefficient (Wildman–Crippen LogP) is 2.00. The third-order valence-corrected chi connectivity index (χ3v) is 2.81. The van der Waals surface area contributed by atoms with Crippen molar-refractivity contribution in [1.29, 1.82) is 0 Å². The molecule has 0 radical (unpaired) electrons. The topological polar surface area (TPSA) is 55.1 Å². The Labute approximate surface area is 90.7 Å². The van der Waals surface area contributed by atoms with Crippen molar-refractivity contribution in [2.24, 2.45) is 11.1 Å². The normalized spacial score (nSPS) is 14.3. The van der Waals surface area contributed by atoms with Crippen LogP contribution in [0.5, 0.6) is 0 Å². The highest BCUT2D eigenvalue weighted by Crippen LogP contribution is 2.21. The van der Waals surface area contributed by atoms with Crippen molar-refractivity contribution < 1.29 is 4.79 Å². The molecule has 0 aliphatic rings. The molecule has 1 amide bonds. The van der Waals surface area contributed by atoms with Crippen LogP contribution in [0, 0.1) is 5.41 Å². The van der Waals surface area contributed by atoms with Crippen LogP contribution in [0.3, 0.4) is 0 Å². The minimum absolute atomic E-state index is 0.0151. The Morgan fingerprint density at radius 3 is 2.47 bits per heavy atom. The second-order valence-electron chi connectivity index (χ2n) is 3.94. The van der Waals surface area contributed by atoms with Gasteiger partial charge in [-0.25, -0.2) is 0 Å². The number of amides is 1. The van der Waals surface area contributed by atoms with E-state index in [0.29, 0.717) is 6.54 Å². The molecule has 0 aliphatic carbocycles. The van der Waals surface area contributed by atoms with Crippen molar-refractivity contribution in [3.63, 3.8) is 0 Å². The Kier molecular flexibility index (Phi) is 3.86. The van der Waals surface area contributed by atoms with Crippen LogP contribution in [0.15, 0.2) is 30.3 Å². The first-order valence-corrected chi connectivity index (χ1v) is 5.19. The smallest absolute Gasteiger partial charge is 0.231 e. The SMILES string of the molecule is CCC(C)(CN)C(=O)Nc1ccccc1. The number of benzene rings is 1. The number of carbonyl (C=O) groups is 1. The Bertz CT molecular complexity index is 318. The third kappa shape index (κ3) is 2.80. The van der Waals surface area contributed by atoms with Crippen molar-refractivity contribution in [3.05, 3.63) is 30.3 Å². The first-order chi connectivity index (χ1) is 7.12. The minimum atomic E-state index is -0.476. The molecule has 3 heteroatoms. The molecule has 15 heavy (non-hydrogen) atoms. The van der Waals surface area contributed by atoms with Gasteiger partial charge in [0.25, 0.3) is 0 Å². The number of nitrogens with one attached hydrogen (secondary N) is 1. The number of rotatable bonds is 4. The summed E-state index contributed by atoms with van der Waals surface area (Å²) in [4.78, 5) is 11.9. The summed E-state index contributed by atoms with van der Waals surface area (Å²) in [6.07, 6.45) is 0.738. The van der Waals surface area contributed by atoms with Gasteiger partial charge < -0.3 is 11.1 Å². The van der Waals surface area contributed by atoms with E-state index in [-0.39, 0.29) is 5.91 Å². The van der Waals surface area contributed by atoms with Gasteiger partial charge >= 0.3 is 0 Å². The second-order valence-corrected chi connectivity index (χ2v) is 3.94. The van der Waals surface area contributed by atoms with E-state index in [9.17, 15) is 4.79 Å². The maximum Gasteiger partial charge on any atom is 0.231 e. The van der Waals surface area contributed by atoms with Gasteiger partial charge in [0.1, 0.15) is 0 Å². The molecule has 1 atom stereocenters. The van der Waals surface area contributed by atoms with Crippen LogP contribution in [0.25, 0.3) is 0 Å². The maximum absolute atomic E-state index is 11.9. The van der Waals surface area contributed by atoms with Gasteiger partial charge in [0.15, 0.2) is 0 Å². The maximum atomic E-state index is 11.9. The lowest BCUT2D eigenvalue weighted by Crippen LogP contribution is -2.39. The molecule has 0 bridgehead atoms. The molecule has 0 fully saturated rings. The van der Waals surface area contributed by atoms with Crippen molar-refractivity contribution in [3.8, 4) is 0 Å². The molecule has 0 aliphatic heterocycles. The Hall–Kier alpha value is -1.35. The van der Waals surface area contributed by atoms with E-state index >= 15 is 0 Å². The van der Waals surface area contributed by atoms with Crippen molar-refractivity contribution in [2.45, 2.75) is 20.3 Å². The molecular weight excluding hydrogens is 188 g/mol. The van der Waals surface area contributed by atoms with Gasteiger partial charge in [-0.2, -0.15) is 0 Å². The number of hydrogen-bond acceptors (Lipinski definition) is 2. The minimum Gasteiger partial charge on any atom is -0.329 e. The Balaban J connectivity index is 2.71. The van der Waals surface area contributed by atoms with Crippen molar-refractivity contribution in [2.75, 3.05) is 11.9 Å². The molecule has 1 aromatic carbocycles. The Morgan fingerprint density at radius 2 is 2.00 bits per heavy atom. The molecule has 1 aromatic rings. The summed E-state index contributed by atoms with van der Waals surface area (Å²) in [7, 11) is 0. The fourth-order valence-electron chi connectivity index (χ4n) is 1.20. The van der Waals surface area contributed by atoms with Crippen molar-refractivity contribution in [1.82, 2.24) is 0 Å². The summed E-state index contributed by atoms with van der Waals surface area (Å²) in [5.74, 6) is -0.0151. The van der Waals surface area contributed by atoms with Crippen LogP contribution in [-0.4, -0.2) is 12.5 Å². The van der Waals surface area contributed by atoms with Crippen molar-refractivity contribution >= 4 is 11.6 Å². The number of hydrogen-bond donors (Lipinski definition) is 2. The second kappa shape index (κ2) is 4.94. The zero-order valence-corrected chi connectivity index (χ0v) is 9.29. The lowest BCUT2D eigenvalue weighted by atomic mass is 9.86. The highest BCUT2D eigenvalue weighted by Gasteiger charge is 2.29. The van der Waals surface area contributed by atoms with Gasteiger partial charge in [0, 0.05) is 12.2 Å². The lowest BCUT2D eigenvalue weighted by molar-refractivity contribution is -0.124. The highest BCUT2D eigenvalue weighted by molar-refractivity contribution is 5.95. The first-order valence-electron chi connectivity index (χ1n) is 5.19. The Morgan fingerprint density at radius 1 is 1.40 bits per heavy atom. The molecular formula is C12H18N2O. The van der Waals surface area contributed by atoms with Gasteiger partial charge in [-0.1, -0.05) is 25.1 Å². The van der Waals surface area contributed by atoms with Gasteiger partial charge in [0.05, 0.1) is 5.41 Å². The average molecular weight is 206 g/mol. The summed E-state index contributed by atoms with van der Waals surface area (Å²) in [5, 5.41) is 2.87. The van der Waals surface area contributed by atoms with E-state index in [4.69, 9.17) is 5.73 Å². The number of anilines is 1. The molecule has 0 saturated heterocycles. The van der Waals surface area contributed by atoms with Crippen LogP contribution in [0.1, 0.15) is 20.3 Å². The van der Waals surface area contributed by atoms with Crippen LogP contribution >= 0.6 is 0 Å². The van der Waals surface area contributed by atoms with E-state index in [1.807, 2.05) is 44.2 Å². The predicted molar refractivity (Wildman–Crippen MR) is 62.5 cm³/mol. The molecule has 0 spiro atoms. The molecule has 1 unspecified atom stereocenters. The van der Waals surface area contributed by atoms with Crippen LogP contribution in [0.4, 0.5) is 5.69 Å². The van der Waals surface area contributed by atoms with E-state index in [0.717, 1.165) is 12.1 Å². The van der Waals surface area contributed by atoms with Gasteiger partial charge in [0.2, 0.25) is 5.91 Å². The first kappa shape index (κ1) is 11.7. The fourth-order valence-corrected chi connectivity index (χ4v) is 1.20. The van der Waals surface area contributed by atoms with E-state index in [1.54, 1.807) is 0 Å². The summed E-state index contributed by atoms with van der Waals surface area (Å²) < 4.78 is 0. The lowest BCUT2D eigenvalue weighted by Gasteiger charge is -2.24. The summed E-state index contributed by atoms with van der Waals surface area (Å²) in [6, 6.07) is 9.43. The molecule has 0 heterocycles. The van der Waals surface area contributed by atoms with E-state index in [1.165, 1.54) is 0 Å². The summed E-state index contributed by atoms with van der Waals surface area (Å²) in [6.45, 7) is 4.21. The number of carbonyl (C=O) groups excluding carboxylic acids is 1. The highest BCUT2D eigenvalue weighted by atomic mass is 16.2. The molecule has 0 saturated carbocycles. The van der Waals surface area contributed by atoms with Crippen LogP contribution in [0.2, 0.25) is 0 Å². The third-order valence-electron chi connectivity index (χ3n) is 2.81. The van der Waals surface area contributed by atoms with E-state index in [2.05, 4.69) is 5.32 Å². The van der Waals surface area contributed by atoms with Gasteiger partial charge in [-0.05, 0) is 25.5 Å². The average Bonchev–Trinajstić information content (AvgIpc) is 2.29.